The van der Waals surface area contributed by atoms with Crippen LogP contribution in [-0.2, 0) is 9.53 Å². The van der Waals surface area contributed by atoms with Gasteiger partial charge in [-0.3, -0.25) is 9.69 Å². The van der Waals surface area contributed by atoms with E-state index in [1.165, 1.54) is 0 Å². The molecule has 1 aliphatic rings. The number of amides is 1. The molecule has 2 unspecified atom stereocenters. The molecule has 2 aromatic rings. The second kappa shape index (κ2) is 7.67. The molecule has 0 N–H and O–H groups in total. The predicted molar refractivity (Wildman–Crippen MR) is 104 cm³/mol. The van der Waals surface area contributed by atoms with Crippen molar-refractivity contribution in [2.45, 2.75) is 45.8 Å². The van der Waals surface area contributed by atoms with Gasteiger partial charge in [-0.2, -0.15) is 5.26 Å². The third-order valence-electron chi connectivity index (χ3n) is 5.11. The molecule has 1 fully saturated rings. The molecular formula is C20H21N5O2. The molecule has 7 heteroatoms. The van der Waals surface area contributed by atoms with Gasteiger partial charge in [-0.05, 0) is 55.7 Å². The Morgan fingerprint density at radius 2 is 2.07 bits per heavy atom. The van der Waals surface area contributed by atoms with Gasteiger partial charge in [-0.25, -0.2) is 0 Å². The summed E-state index contributed by atoms with van der Waals surface area (Å²) in [5.41, 5.74) is 11.8. The topological polar surface area (TPSA) is 102 Å². The second-order valence-corrected chi connectivity index (χ2v) is 6.70. The molecule has 0 radical (unpaired) electrons. The summed E-state index contributed by atoms with van der Waals surface area (Å²) < 4.78 is 5.59. The van der Waals surface area contributed by atoms with Gasteiger partial charge in [0.15, 0.2) is 0 Å². The summed E-state index contributed by atoms with van der Waals surface area (Å²) in [6.07, 6.45) is 0.955. The standard InChI is InChI=1S/C20H21N5O2/c1-12(11-21)25(20(26)17-9-6-10-27-17)19-14(3)13(2)18(23-24-22)15-7-4-5-8-16(15)19/h4-5,7-8,12,17H,6,9-10H2,1-3H3. The molecule has 0 aliphatic carbocycles. The van der Waals surface area contributed by atoms with Crippen molar-refractivity contribution in [3.8, 4) is 6.07 Å². The molecule has 7 nitrogen and oxygen atoms in total. The quantitative estimate of drug-likeness (QED) is 0.442. The normalized spacial score (nSPS) is 17.2. The molecule has 0 bridgehead atoms. The number of ether oxygens (including phenoxy) is 1. The van der Waals surface area contributed by atoms with E-state index in [1.54, 1.807) is 11.8 Å². The van der Waals surface area contributed by atoms with Crippen molar-refractivity contribution >= 4 is 28.1 Å². The van der Waals surface area contributed by atoms with Crippen LogP contribution in [0.25, 0.3) is 21.2 Å². The van der Waals surface area contributed by atoms with Crippen LogP contribution in [0.15, 0.2) is 29.4 Å². The van der Waals surface area contributed by atoms with Crippen molar-refractivity contribution in [2.75, 3.05) is 11.5 Å². The molecule has 2 atom stereocenters. The SMILES string of the molecule is Cc1c(C)c(N(C(=O)C2CCCO2)C(C)C#N)c2ccccc2c1N=[N+]=[N-]. The Hall–Kier alpha value is -3.07. The largest absolute Gasteiger partial charge is 0.368 e. The van der Waals surface area contributed by atoms with Gasteiger partial charge in [0.2, 0.25) is 0 Å². The zero-order valence-electron chi connectivity index (χ0n) is 15.6. The van der Waals surface area contributed by atoms with E-state index >= 15 is 0 Å². The minimum absolute atomic E-state index is 0.203. The second-order valence-electron chi connectivity index (χ2n) is 6.70. The van der Waals surface area contributed by atoms with E-state index < -0.39 is 12.1 Å². The zero-order valence-corrected chi connectivity index (χ0v) is 15.6. The molecule has 0 saturated carbocycles. The Labute approximate surface area is 157 Å². The van der Waals surface area contributed by atoms with E-state index in [0.717, 1.165) is 28.3 Å². The van der Waals surface area contributed by atoms with Crippen LogP contribution in [0.4, 0.5) is 11.4 Å². The number of fused-ring (bicyclic) bond motifs is 1. The first kappa shape index (κ1) is 18.7. The van der Waals surface area contributed by atoms with Crippen LogP contribution in [0.5, 0.6) is 0 Å². The molecular weight excluding hydrogens is 342 g/mol. The maximum Gasteiger partial charge on any atom is 0.257 e. The van der Waals surface area contributed by atoms with Crippen LogP contribution in [0.2, 0.25) is 0 Å². The third kappa shape index (κ3) is 3.21. The molecule has 3 rings (SSSR count). The summed E-state index contributed by atoms with van der Waals surface area (Å²) >= 11 is 0. The highest BCUT2D eigenvalue weighted by molar-refractivity contribution is 6.10. The van der Waals surface area contributed by atoms with Crippen LogP contribution < -0.4 is 4.90 Å². The Morgan fingerprint density at radius 1 is 1.37 bits per heavy atom. The molecule has 1 heterocycles. The zero-order chi connectivity index (χ0) is 19.6. The van der Waals surface area contributed by atoms with Gasteiger partial charge in [-0.1, -0.05) is 29.4 Å². The molecule has 1 amide bonds. The molecule has 138 valence electrons. The summed E-state index contributed by atoms with van der Waals surface area (Å²) in [7, 11) is 0. The first-order chi connectivity index (χ1) is 13.0. The van der Waals surface area contributed by atoms with Crippen LogP contribution in [0.1, 0.15) is 30.9 Å². The first-order valence-electron chi connectivity index (χ1n) is 8.92. The lowest BCUT2D eigenvalue weighted by Gasteiger charge is -2.31. The monoisotopic (exact) mass is 363 g/mol. The van der Waals surface area contributed by atoms with Crippen LogP contribution in [-0.4, -0.2) is 24.7 Å². The van der Waals surface area contributed by atoms with Gasteiger partial charge in [0, 0.05) is 22.6 Å². The number of nitriles is 1. The average Bonchev–Trinajstić information content (AvgIpc) is 3.22. The molecule has 2 aromatic carbocycles. The summed E-state index contributed by atoms with van der Waals surface area (Å²) in [5.74, 6) is -0.203. The van der Waals surface area contributed by atoms with Crippen molar-refractivity contribution in [3.63, 3.8) is 0 Å². The molecule has 0 aromatic heterocycles. The van der Waals surface area contributed by atoms with Gasteiger partial charge in [0.25, 0.3) is 5.91 Å². The number of hydrogen-bond acceptors (Lipinski definition) is 4. The fraction of sp³-hybridized carbons (Fsp3) is 0.400. The molecule has 1 aliphatic heterocycles. The highest BCUT2D eigenvalue weighted by Gasteiger charge is 2.34. The number of anilines is 1. The minimum atomic E-state index is -0.659. The third-order valence-corrected chi connectivity index (χ3v) is 5.11. The van der Waals surface area contributed by atoms with E-state index in [0.29, 0.717) is 24.4 Å². The van der Waals surface area contributed by atoms with Gasteiger partial charge in [0.05, 0.1) is 11.8 Å². The lowest BCUT2D eigenvalue weighted by molar-refractivity contribution is -0.127. The highest BCUT2D eigenvalue weighted by Crippen LogP contribution is 2.41. The summed E-state index contributed by atoms with van der Waals surface area (Å²) in [6.45, 7) is 6.01. The average molecular weight is 363 g/mol. The summed E-state index contributed by atoms with van der Waals surface area (Å²) in [5, 5.41) is 15.0. The van der Waals surface area contributed by atoms with Crippen molar-refractivity contribution in [2.24, 2.45) is 5.11 Å². The van der Waals surface area contributed by atoms with Crippen LogP contribution >= 0.6 is 0 Å². The number of benzene rings is 2. The van der Waals surface area contributed by atoms with E-state index in [9.17, 15) is 10.1 Å². The fourth-order valence-corrected chi connectivity index (χ4v) is 3.62. The minimum Gasteiger partial charge on any atom is -0.368 e. The number of carbonyl (C=O) groups excluding carboxylic acids is 1. The van der Waals surface area contributed by atoms with E-state index in [1.807, 2.05) is 38.1 Å². The fourth-order valence-electron chi connectivity index (χ4n) is 3.62. The molecule has 1 saturated heterocycles. The Bertz CT molecular complexity index is 982. The van der Waals surface area contributed by atoms with Crippen molar-refractivity contribution in [1.29, 1.82) is 5.26 Å². The number of carbonyl (C=O) groups is 1. The predicted octanol–water partition coefficient (Wildman–Crippen LogP) is 4.82. The maximum atomic E-state index is 13.2. The smallest absolute Gasteiger partial charge is 0.257 e. The number of rotatable bonds is 4. The van der Waals surface area contributed by atoms with E-state index in [-0.39, 0.29) is 5.91 Å². The lowest BCUT2D eigenvalue weighted by atomic mass is 9.95. The number of nitrogens with zero attached hydrogens (tertiary/aromatic N) is 5. The summed E-state index contributed by atoms with van der Waals surface area (Å²) in [6, 6.07) is 9.00. The van der Waals surface area contributed by atoms with Crippen molar-refractivity contribution in [1.82, 2.24) is 0 Å². The van der Waals surface area contributed by atoms with Gasteiger partial charge in [0.1, 0.15) is 12.1 Å². The summed E-state index contributed by atoms with van der Waals surface area (Å²) in [4.78, 5) is 17.7. The van der Waals surface area contributed by atoms with Crippen molar-refractivity contribution < 1.29 is 9.53 Å². The van der Waals surface area contributed by atoms with E-state index in [2.05, 4.69) is 16.1 Å². The number of azide groups is 1. The maximum absolute atomic E-state index is 13.2. The van der Waals surface area contributed by atoms with Crippen molar-refractivity contribution in [3.05, 3.63) is 45.8 Å². The Kier molecular flexibility index (Phi) is 5.31. The van der Waals surface area contributed by atoms with Crippen LogP contribution in [0, 0.1) is 25.2 Å². The van der Waals surface area contributed by atoms with Gasteiger partial charge < -0.3 is 4.74 Å². The first-order valence-corrected chi connectivity index (χ1v) is 8.92. The van der Waals surface area contributed by atoms with E-state index in [4.69, 9.17) is 10.3 Å². The lowest BCUT2D eigenvalue weighted by Crippen LogP contribution is -2.44. The highest BCUT2D eigenvalue weighted by atomic mass is 16.5. The molecule has 0 spiro atoms. The number of hydrogen-bond donors (Lipinski definition) is 0. The Balaban J connectivity index is 2.31. The van der Waals surface area contributed by atoms with Crippen LogP contribution in [0.3, 0.4) is 0 Å². The van der Waals surface area contributed by atoms with Gasteiger partial charge >= 0.3 is 0 Å². The Morgan fingerprint density at radius 3 is 2.67 bits per heavy atom. The van der Waals surface area contributed by atoms with Gasteiger partial charge in [-0.15, -0.1) is 0 Å². The molecule has 27 heavy (non-hydrogen) atoms.